The molecule has 4 rings (SSSR count). The number of imidazole rings is 1. The van der Waals surface area contributed by atoms with Gasteiger partial charge in [-0.1, -0.05) is 12.1 Å². The van der Waals surface area contributed by atoms with Crippen molar-refractivity contribution in [2.24, 2.45) is 0 Å². The monoisotopic (exact) mass is 444 g/mol. The average Bonchev–Trinajstić information content (AvgIpc) is 3.30. The highest BCUT2D eigenvalue weighted by molar-refractivity contribution is 5.78. The van der Waals surface area contributed by atoms with Crippen LogP contribution in [0, 0.1) is 5.82 Å². The summed E-state index contributed by atoms with van der Waals surface area (Å²) >= 11 is 0. The Kier molecular flexibility index (Phi) is 6.89. The molecule has 2 aromatic rings. The quantitative estimate of drug-likeness (QED) is 0.695. The zero-order valence-electron chi connectivity index (χ0n) is 18.3. The standard InChI is InChI=1S/C22H29FN6O3/c1-2-32-22(31)28-15-13-26(14-16-28)20(30)17-25-9-11-27(12-10-25)21-24-7-8-29(21)19-6-4-3-5-18(19)23/h3-8H,2,9-17H2,1H3. The highest BCUT2D eigenvalue weighted by atomic mass is 19.1. The number of para-hydroxylation sites is 1. The third kappa shape index (κ3) is 4.85. The fourth-order valence-corrected chi connectivity index (χ4v) is 4.12. The number of halogens is 1. The van der Waals surface area contributed by atoms with E-state index in [0.29, 0.717) is 64.1 Å². The first-order valence-electron chi connectivity index (χ1n) is 11.0. The van der Waals surface area contributed by atoms with Gasteiger partial charge in [-0.2, -0.15) is 0 Å². The first kappa shape index (κ1) is 22.1. The van der Waals surface area contributed by atoms with Crippen LogP contribution in [0.15, 0.2) is 36.7 Å². The number of hydrogen-bond acceptors (Lipinski definition) is 6. The zero-order valence-corrected chi connectivity index (χ0v) is 18.3. The van der Waals surface area contributed by atoms with E-state index >= 15 is 0 Å². The third-order valence-corrected chi connectivity index (χ3v) is 5.91. The lowest BCUT2D eigenvalue weighted by Gasteiger charge is -2.38. The van der Waals surface area contributed by atoms with Crippen molar-refractivity contribution in [3.8, 4) is 5.69 Å². The number of hydrogen-bond donors (Lipinski definition) is 0. The largest absolute Gasteiger partial charge is 0.450 e. The van der Waals surface area contributed by atoms with Crippen LogP contribution in [0.4, 0.5) is 15.1 Å². The highest BCUT2D eigenvalue weighted by Gasteiger charge is 2.27. The Balaban J connectivity index is 1.27. The molecule has 0 unspecified atom stereocenters. The summed E-state index contributed by atoms with van der Waals surface area (Å²) in [7, 11) is 0. The molecule has 0 spiro atoms. The van der Waals surface area contributed by atoms with E-state index in [0.717, 1.165) is 13.1 Å². The van der Waals surface area contributed by atoms with Gasteiger partial charge in [0.25, 0.3) is 0 Å². The van der Waals surface area contributed by atoms with E-state index < -0.39 is 0 Å². The van der Waals surface area contributed by atoms with E-state index in [1.807, 2.05) is 4.90 Å². The zero-order chi connectivity index (χ0) is 22.5. The topological polar surface area (TPSA) is 74.2 Å². The van der Waals surface area contributed by atoms with E-state index in [2.05, 4.69) is 14.8 Å². The summed E-state index contributed by atoms with van der Waals surface area (Å²) in [5.41, 5.74) is 0.472. The minimum Gasteiger partial charge on any atom is -0.450 e. The molecule has 9 nitrogen and oxygen atoms in total. The predicted octanol–water partition coefficient (Wildman–Crippen LogP) is 1.43. The number of rotatable bonds is 5. The Labute approximate surface area is 187 Å². The van der Waals surface area contributed by atoms with Crippen LogP contribution in [0.25, 0.3) is 5.69 Å². The molecule has 172 valence electrons. The number of carbonyl (C=O) groups is 2. The van der Waals surface area contributed by atoms with E-state index in [1.165, 1.54) is 6.07 Å². The molecular formula is C22H29FN6O3. The maximum atomic E-state index is 14.2. The van der Waals surface area contributed by atoms with Crippen LogP contribution in [-0.2, 0) is 9.53 Å². The smallest absolute Gasteiger partial charge is 0.409 e. The lowest BCUT2D eigenvalue weighted by atomic mass is 10.2. The van der Waals surface area contributed by atoms with Crippen LogP contribution in [0.2, 0.25) is 0 Å². The van der Waals surface area contributed by atoms with Gasteiger partial charge in [0, 0.05) is 64.8 Å². The van der Waals surface area contributed by atoms with Crippen molar-refractivity contribution in [1.82, 2.24) is 24.3 Å². The van der Waals surface area contributed by atoms with Crippen molar-refractivity contribution in [2.45, 2.75) is 6.92 Å². The molecule has 1 aromatic heterocycles. The molecule has 2 fully saturated rings. The van der Waals surface area contributed by atoms with Crippen molar-refractivity contribution in [3.63, 3.8) is 0 Å². The van der Waals surface area contributed by atoms with Crippen LogP contribution >= 0.6 is 0 Å². The van der Waals surface area contributed by atoms with Gasteiger partial charge >= 0.3 is 6.09 Å². The van der Waals surface area contributed by atoms with Gasteiger partial charge in [-0.3, -0.25) is 14.3 Å². The molecule has 0 N–H and O–H groups in total. The van der Waals surface area contributed by atoms with Crippen molar-refractivity contribution in [1.29, 1.82) is 0 Å². The molecular weight excluding hydrogens is 415 g/mol. The van der Waals surface area contributed by atoms with Crippen LogP contribution in [0.1, 0.15) is 6.92 Å². The Hall–Kier alpha value is -3.14. The second kappa shape index (κ2) is 9.99. The molecule has 10 heteroatoms. The fourth-order valence-electron chi connectivity index (χ4n) is 4.12. The third-order valence-electron chi connectivity index (χ3n) is 5.91. The fraction of sp³-hybridized carbons (Fsp3) is 0.500. The van der Waals surface area contributed by atoms with E-state index in [4.69, 9.17) is 4.74 Å². The van der Waals surface area contributed by atoms with Gasteiger partial charge in [0.1, 0.15) is 5.82 Å². The molecule has 0 radical (unpaired) electrons. The van der Waals surface area contributed by atoms with Crippen molar-refractivity contribution in [2.75, 3.05) is 70.4 Å². The molecule has 0 atom stereocenters. The van der Waals surface area contributed by atoms with Crippen molar-refractivity contribution in [3.05, 3.63) is 42.5 Å². The van der Waals surface area contributed by atoms with Crippen LogP contribution in [0.3, 0.4) is 0 Å². The number of carbonyl (C=O) groups excluding carboxylic acids is 2. The molecule has 2 aliphatic heterocycles. The summed E-state index contributed by atoms with van der Waals surface area (Å²) in [6.45, 7) is 7.38. The normalized spacial score (nSPS) is 17.5. The number of nitrogens with zero attached hydrogens (tertiary/aromatic N) is 6. The van der Waals surface area contributed by atoms with Crippen molar-refractivity contribution >= 4 is 17.9 Å². The summed E-state index contributed by atoms with van der Waals surface area (Å²) in [5, 5.41) is 0. The number of aromatic nitrogens is 2. The minimum atomic E-state index is -0.315. The van der Waals surface area contributed by atoms with Gasteiger partial charge in [-0.25, -0.2) is 14.2 Å². The number of anilines is 1. The maximum absolute atomic E-state index is 14.2. The van der Waals surface area contributed by atoms with Gasteiger partial charge in [-0.15, -0.1) is 0 Å². The highest BCUT2D eigenvalue weighted by Crippen LogP contribution is 2.21. The van der Waals surface area contributed by atoms with E-state index in [1.54, 1.807) is 47.0 Å². The maximum Gasteiger partial charge on any atom is 0.409 e. The average molecular weight is 445 g/mol. The van der Waals surface area contributed by atoms with Gasteiger partial charge in [0.05, 0.1) is 18.8 Å². The lowest BCUT2D eigenvalue weighted by Crippen LogP contribution is -2.54. The molecule has 3 heterocycles. The Morgan fingerprint density at radius 2 is 1.69 bits per heavy atom. The van der Waals surface area contributed by atoms with Crippen LogP contribution in [-0.4, -0.2) is 102 Å². The first-order chi connectivity index (χ1) is 15.6. The SMILES string of the molecule is CCOC(=O)N1CCN(C(=O)CN2CCN(c3nccn3-c3ccccc3F)CC2)CC1. The second-order valence-corrected chi connectivity index (χ2v) is 7.88. The molecule has 0 bridgehead atoms. The first-order valence-corrected chi connectivity index (χ1v) is 11.0. The molecule has 1 aromatic carbocycles. The molecule has 2 aliphatic rings. The Bertz CT molecular complexity index is 935. The second-order valence-electron chi connectivity index (χ2n) is 7.88. The number of amides is 2. The number of ether oxygens (including phenoxy) is 1. The Morgan fingerprint density at radius 1 is 1.00 bits per heavy atom. The molecule has 32 heavy (non-hydrogen) atoms. The van der Waals surface area contributed by atoms with Gasteiger partial charge < -0.3 is 19.4 Å². The van der Waals surface area contributed by atoms with Crippen LogP contribution < -0.4 is 4.90 Å². The van der Waals surface area contributed by atoms with Gasteiger partial charge in [-0.05, 0) is 19.1 Å². The summed E-state index contributed by atoms with van der Waals surface area (Å²) in [5.74, 6) is 0.491. The molecule has 0 aliphatic carbocycles. The minimum absolute atomic E-state index is 0.0785. The summed E-state index contributed by atoms with van der Waals surface area (Å²) < 4.78 is 21.0. The summed E-state index contributed by atoms with van der Waals surface area (Å²) in [6.07, 6.45) is 3.12. The number of piperazine rings is 2. The van der Waals surface area contributed by atoms with Crippen molar-refractivity contribution < 1.29 is 18.7 Å². The van der Waals surface area contributed by atoms with E-state index in [-0.39, 0.29) is 17.8 Å². The molecule has 0 saturated carbocycles. The number of benzene rings is 1. The lowest BCUT2D eigenvalue weighted by molar-refractivity contribution is -0.134. The predicted molar refractivity (Wildman–Crippen MR) is 117 cm³/mol. The Morgan fingerprint density at radius 3 is 2.38 bits per heavy atom. The molecule has 2 amide bonds. The van der Waals surface area contributed by atoms with Gasteiger partial charge in [0.2, 0.25) is 11.9 Å². The summed E-state index contributed by atoms with van der Waals surface area (Å²) in [6, 6.07) is 6.65. The van der Waals surface area contributed by atoms with E-state index in [9.17, 15) is 14.0 Å². The summed E-state index contributed by atoms with van der Waals surface area (Å²) in [4.78, 5) is 36.7. The van der Waals surface area contributed by atoms with Crippen LogP contribution in [0.5, 0.6) is 0 Å². The van der Waals surface area contributed by atoms with Gasteiger partial charge in [0.15, 0.2) is 0 Å². The molecule has 2 saturated heterocycles.